The number of fused-ring (bicyclic) bond motifs is 1. The van der Waals surface area contributed by atoms with Crippen LogP contribution in [0.15, 0.2) is 36.5 Å². The number of carbonyl (C=O) groups excluding carboxylic acids is 2. The minimum Gasteiger partial charge on any atom is -0.454 e. The van der Waals surface area contributed by atoms with Gasteiger partial charge >= 0.3 is 0 Å². The highest BCUT2D eigenvalue weighted by Gasteiger charge is 2.43. The number of anilines is 1. The van der Waals surface area contributed by atoms with E-state index in [0.717, 1.165) is 43.2 Å². The first-order valence-corrected chi connectivity index (χ1v) is 10.4. The molecule has 30 heavy (non-hydrogen) atoms. The number of aryl methyl sites for hydroxylation is 1. The average Bonchev–Trinajstić information content (AvgIpc) is 3.21. The molecule has 0 unspecified atom stereocenters. The molecule has 0 radical (unpaired) electrons. The van der Waals surface area contributed by atoms with Gasteiger partial charge in [-0.1, -0.05) is 25.3 Å². The number of amides is 2. The third kappa shape index (κ3) is 3.97. The van der Waals surface area contributed by atoms with Crippen molar-refractivity contribution in [3.05, 3.63) is 47.7 Å². The molecule has 1 aliphatic heterocycles. The summed E-state index contributed by atoms with van der Waals surface area (Å²) in [6.07, 6.45) is 6.24. The van der Waals surface area contributed by atoms with Crippen LogP contribution in [0.3, 0.4) is 0 Å². The molecule has 158 valence electrons. The average molecular weight is 409 g/mol. The van der Waals surface area contributed by atoms with Gasteiger partial charge in [-0.3, -0.25) is 9.59 Å². The molecule has 7 heteroatoms. The molecule has 0 saturated heterocycles. The van der Waals surface area contributed by atoms with Crippen molar-refractivity contribution in [2.45, 2.75) is 44.4 Å². The lowest BCUT2D eigenvalue weighted by molar-refractivity contribution is -0.139. The van der Waals surface area contributed by atoms with Crippen molar-refractivity contribution in [2.24, 2.45) is 0 Å². The molecule has 4 rings (SSSR count). The van der Waals surface area contributed by atoms with Crippen LogP contribution in [0, 0.1) is 6.92 Å². The first kappa shape index (κ1) is 20.2. The fourth-order valence-corrected chi connectivity index (χ4v) is 4.42. The topological polar surface area (TPSA) is 80.8 Å². The van der Waals surface area contributed by atoms with Crippen LogP contribution in [0.5, 0.6) is 11.5 Å². The van der Waals surface area contributed by atoms with E-state index in [1.54, 1.807) is 19.3 Å². The van der Waals surface area contributed by atoms with Crippen molar-refractivity contribution < 1.29 is 19.1 Å². The molecule has 1 N–H and O–H groups in total. The molecule has 0 bridgehead atoms. The molecular weight excluding hydrogens is 382 g/mol. The Labute approximate surface area is 176 Å². The van der Waals surface area contributed by atoms with E-state index < -0.39 is 5.41 Å². The summed E-state index contributed by atoms with van der Waals surface area (Å²) in [6.45, 7) is 2.11. The summed E-state index contributed by atoms with van der Waals surface area (Å²) >= 11 is 0. The number of nitrogens with one attached hydrogen (secondary N) is 1. The maximum Gasteiger partial charge on any atom is 0.245 e. The van der Waals surface area contributed by atoms with Crippen molar-refractivity contribution in [1.82, 2.24) is 9.88 Å². The lowest BCUT2D eigenvalue weighted by Crippen LogP contribution is -2.48. The van der Waals surface area contributed by atoms with E-state index in [0.29, 0.717) is 17.3 Å². The number of aromatic nitrogens is 1. The molecular formula is C23H27N3O4. The van der Waals surface area contributed by atoms with Crippen LogP contribution < -0.4 is 14.8 Å². The molecule has 1 aromatic carbocycles. The SMILES string of the molecule is Cc1ccnc(NC(=O)CN(C)C(=O)C2(c3ccc4c(c3)OCO4)CCCCC2)c1. The van der Waals surface area contributed by atoms with Crippen LogP contribution in [0.25, 0.3) is 0 Å². The maximum absolute atomic E-state index is 13.6. The van der Waals surface area contributed by atoms with Gasteiger partial charge in [-0.25, -0.2) is 4.98 Å². The van der Waals surface area contributed by atoms with E-state index in [1.807, 2.05) is 31.2 Å². The Bertz CT molecular complexity index is 953. The summed E-state index contributed by atoms with van der Waals surface area (Å²) in [6, 6.07) is 9.42. The van der Waals surface area contributed by atoms with Gasteiger partial charge < -0.3 is 19.7 Å². The molecule has 1 fully saturated rings. The lowest BCUT2D eigenvalue weighted by atomic mass is 9.68. The van der Waals surface area contributed by atoms with Crippen molar-refractivity contribution >= 4 is 17.6 Å². The van der Waals surface area contributed by atoms with Gasteiger partial charge in [-0.2, -0.15) is 0 Å². The van der Waals surface area contributed by atoms with Gasteiger partial charge in [0, 0.05) is 13.2 Å². The van der Waals surface area contributed by atoms with Crippen molar-refractivity contribution in [2.75, 3.05) is 25.7 Å². The zero-order valence-corrected chi connectivity index (χ0v) is 17.4. The van der Waals surface area contributed by atoms with Gasteiger partial charge in [0.1, 0.15) is 5.82 Å². The van der Waals surface area contributed by atoms with Crippen LogP contribution >= 0.6 is 0 Å². The minimum atomic E-state index is -0.643. The van der Waals surface area contributed by atoms with Crippen molar-refractivity contribution in [3.8, 4) is 11.5 Å². The molecule has 1 aromatic heterocycles. The van der Waals surface area contributed by atoms with Gasteiger partial charge in [0.25, 0.3) is 0 Å². The molecule has 2 amide bonds. The van der Waals surface area contributed by atoms with Gasteiger partial charge in [-0.05, 0) is 55.2 Å². The fourth-order valence-electron chi connectivity index (χ4n) is 4.42. The summed E-state index contributed by atoms with van der Waals surface area (Å²) in [7, 11) is 1.69. The standard InChI is InChI=1S/C23H27N3O4/c1-16-8-11-24-20(12-16)25-21(27)14-26(2)22(28)23(9-4-3-5-10-23)17-6-7-18-19(13-17)30-15-29-18/h6-8,11-13H,3-5,9-10,14-15H2,1-2H3,(H,24,25,27). The van der Waals surface area contributed by atoms with Crippen molar-refractivity contribution in [1.29, 1.82) is 0 Å². The Morgan fingerprint density at radius 3 is 2.63 bits per heavy atom. The number of benzene rings is 1. The predicted molar refractivity (Wildman–Crippen MR) is 113 cm³/mol. The molecule has 2 heterocycles. The monoisotopic (exact) mass is 409 g/mol. The zero-order valence-electron chi connectivity index (χ0n) is 17.4. The molecule has 1 aliphatic carbocycles. The minimum absolute atomic E-state index is 0.0270. The molecule has 2 aromatic rings. The van der Waals surface area contributed by atoms with E-state index >= 15 is 0 Å². The van der Waals surface area contributed by atoms with Crippen molar-refractivity contribution in [3.63, 3.8) is 0 Å². The molecule has 0 spiro atoms. The summed E-state index contributed by atoms with van der Waals surface area (Å²) in [5.74, 6) is 1.57. The van der Waals surface area contributed by atoms with Crippen LogP contribution in [0.1, 0.15) is 43.2 Å². The summed E-state index contributed by atoms with van der Waals surface area (Å²) < 4.78 is 11.0. The number of likely N-dealkylation sites (N-methyl/N-ethyl adjacent to an activating group) is 1. The molecule has 7 nitrogen and oxygen atoms in total. The summed E-state index contributed by atoms with van der Waals surface area (Å²) in [4.78, 5) is 31.8. The second kappa shape index (κ2) is 8.34. The third-order valence-corrected chi connectivity index (χ3v) is 5.95. The van der Waals surface area contributed by atoms with E-state index in [9.17, 15) is 9.59 Å². The number of hydrogen-bond acceptors (Lipinski definition) is 5. The second-order valence-electron chi connectivity index (χ2n) is 8.14. The highest BCUT2D eigenvalue weighted by molar-refractivity contribution is 5.96. The Kier molecular flexibility index (Phi) is 5.61. The van der Waals surface area contributed by atoms with Gasteiger partial charge in [0.15, 0.2) is 11.5 Å². The van der Waals surface area contributed by atoms with E-state index in [4.69, 9.17) is 9.47 Å². The van der Waals surface area contributed by atoms with E-state index in [2.05, 4.69) is 10.3 Å². The number of pyridine rings is 1. The second-order valence-corrected chi connectivity index (χ2v) is 8.14. The zero-order chi connectivity index (χ0) is 21.1. The predicted octanol–water partition coefficient (Wildman–Crippen LogP) is 3.42. The van der Waals surface area contributed by atoms with E-state index in [-0.39, 0.29) is 25.2 Å². The largest absolute Gasteiger partial charge is 0.454 e. The number of ether oxygens (including phenoxy) is 2. The fraction of sp³-hybridized carbons (Fsp3) is 0.435. The Morgan fingerprint density at radius 2 is 1.87 bits per heavy atom. The summed E-state index contributed by atoms with van der Waals surface area (Å²) in [5.41, 5.74) is 1.30. The maximum atomic E-state index is 13.6. The van der Waals surface area contributed by atoms with E-state index in [1.165, 1.54) is 4.90 Å². The highest BCUT2D eigenvalue weighted by atomic mass is 16.7. The number of rotatable bonds is 5. The Balaban J connectivity index is 1.52. The first-order chi connectivity index (χ1) is 14.5. The first-order valence-electron chi connectivity index (χ1n) is 10.4. The Hall–Kier alpha value is -3.09. The molecule has 1 saturated carbocycles. The number of hydrogen-bond donors (Lipinski definition) is 1. The van der Waals surface area contributed by atoms with Gasteiger partial charge in [0.05, 0.1) is 12.0 Å². The number of carbonyl (C=O) groups is 2. The highest BCUT2D eigenvalue weighted by Crippen LogP contribution is 2.44. The van der Waals surface area contributed by atoms with Crippen LogP contribution in [-0.4, -0.2) is 42.1 Å². The lowest BCUT2D eigenvalue weighted by Gasteiger charge is -2.39. The molecule has 0 atom stereocenters. The molecule has 2 aliphatic rings. The Morgan fingerprint density at radius 1 is 1.10 bits per heavy atom. The van der Waals surface area contributed by atoms with Crippen LogP contribution in [0.2, 0.25) is 0 Å². The third-order valence-electron chi connectivity index (χ3n) is 5.95. The summed E-state index contributed by atoms with van der Waals surface area (Å²) in [5, 5.41) is 2.78. The van der Waals surface area contributed by atoms with Gasteiger partial charge in [-0.15, -0.1) is 0 Å². The van der Waals surface area contributed by atoms with Gasteiger partial charge in [0.2, 0.25) is 18.6 Å². The normalized spacial score (nSPS) is 16.7. The quantitative estimate of drug-likeness (QED) is 0.818. The van der Waals surface area contributed by atoms with Crippen LogP contribution in [-0.2, 0) is 15.0 Å². The van der Waals surface area contributed by atoms with Crippen LogP contribution in [0.4, 0.5) is 5.82 Å². The smallest absolute Gasteiger partial charge is 0.245 e. The number of nitrogens with zero attached hydrogens (tertiary/aromatic N) is 2.